The molecule has 0 unspecified atom stereocenters. The molecule has 0 amide bonds. The van der Waals surface area contributed by atoms with Crippen LogP contribution in [-0.2, 0) is 0 Å². The molecule has 0 saturated heterocycles. The summed E-state index contributed by atoms with van der Waals surface area (Å²) in [7, 11) is 0.342. The van der Waals surface area contributed by atoms with Crippen LogP contribution >= 0.6 is 0 Å². The Morgan fingerprint density at radius 3 is 1.50 bits per heavy atom. The molecule has 2 saturated carbocycles. The molecule has 0 aromatic heterocycles. The van der Waals surface area contributed by atoms with E-state index in [1.165, 1.54) is 17.5 Å². The van der Waals surface area contributed by atoms with Crippen LogP contribution in [0.2, 0.25) is 11.1 Å². The molecule has 12 heavy (non-hydrogen) atoms. The minimum atomic E-state index is 0.342. The van der Waals surface area contributed by atoms with E-state index in [1.807, 2.05) is 0 Å². The highest BCUT2D eigenvalue weighted by molar-refractivity contribution is 6.39. The van der Waals surface area contributed by atoms with E-state index in [0.717, 1.165) is 0 Å². The van der Waals surface area contributed by atoms with E-state index < -0.39 is 0 Å². The van der Waals surface area contributed by atoms with E-state index in [1.54, 1.807) is 51.4 Å². The fraction of sp³-hybridized carbons (Fsp3) is 1.00. The zero-order chi connectivity index (χ0) is 8.23. The van der Waals surface area contributed by atoms with Crippen molar-refractivity contribution < 1.29 is 0 Å². The molecule has 1 heteroatoms. The molecule has 0 nitrogen and oxygen atoms in total. The zero-order valence-corrected chi connectivity index (χ0v) is 9.64. The van der Waals surface area contributed by atoms with Gasteiger partial charge in [0.05, 0.1) is 0 Å². The summed E-state index contributed by atoms with van der Waals surface area (Å²) in [5, 5.41) is 0. The summed E-state index contributed by atoms with van der Waals surface area (Å²) < 4.78 is 0. The highest BCUT2D eigenvalue weighted by atomic mass is 28.2. The maximum atomic E-state index is 1.61. The first kappa shape index (κ1) is 8.80. The first-order chi connectivity index (χ1) is 5.95. The molecule has 0 atom stereocenters. The lowest BCUT2D eigenvalue weighted by Crippen LogP contribution is -2.12. The number of hydrogen-bond donors (Lipinski definition) is 0. The smallest absolute Gasteiger partial charge is 0.0264 e. The van der Waals surface area contributed by atoms with Gasteiger partial charge in [0.1, 0.15) is 0 Å². The van der Waals surface area contributed by atoms with Gasteiger partial charge in [0.25, 0.3) is 0 Å². The molecular formula is C11H22Si. The largest absolute Gasteiger partial charge is 0.0533 e. The van der Waals surface area contributed by atoms with Gasteiger partial charge >= 0.3 is 0 Å². The van der Waals surface area contributed by atoms with Gasteiger partial charge in [-0.1, -0.05) is 68.9 Å². The Morgan fingerprint density at radius 2 is 1.00 bits per heavy atom. The Balaban J connectivity index is 1.69. The van der Waals surface area contributed by atoms with Crippen LogP contribution in [0.1, 0.15) is 57.8 Å². The van der Waals surface area contributed by atoms with Gasteiger partial charge in [-0.05, 0) is 0 Å². The molecule has 0 N–H and O–H groups in total. The van der Waals surface area contributed by atoms with Gasteiger partial charge in [-0.25, -0.2) is 0 Å². The topological polar surface area (TPSA) is 0 Å². The third kappa shape index (κ3) is 2.35. The lowest BCUT2D eigenvalue weighted by Gasteiger charge is -2.23. The summed E-state index contributed by atoms with van der Waals surface area (Å²) in [5.74, 6) is 0. The fourth-order valence-corrected chi connectivity index (χ4v) is 6.18. The standard InChI is InChI=1S/C11H22Si/c1-2-6-10(7-3-1)12-11-8-4-5-9-11/h10-11H,1-9,12H2. The Kier molecular flexibility index (Phi) is 3.26. The van der Waals surface area contributed by atoms with Crippen LogP contribution in [0.15, 0.2) is 0 Å². The maximum Gasteiger partial charge on any atom is 0.0264 e. The van der Waals surface area contributed by atoms with E-state index in [-0.39, 0.29) is 0 Å². The molecule has 0 aliphatic heterocycles. The third-order valence-electron chi connectivity index (χ3n) is 3.87. The molecule has 2 fully saturated rings. The van der Waals surface area contributed by atoms with Crippen LogP contribution in [0.4, 0.5) is 0 Å². The highest BCUT2D eigenvalue weighted by Gasteiger charge is 2.21. The minimum absolute atomic E-state index is 0.342. The van der Waals surface area contributed by atoms with Gasteiger partial charge in [-0.15, -0.1) is 0 Å². The van der Waals surface area contributed by atoms with Gasteiger partial charge in [0, 0.05) is 9.52 Å². The maximum absolute atomic E-state index is 1.61. The normalized spacial score (nSPS) is 29.0. The molecule has 0 heterocycles. The fourth-order valence-electron chi connectivity index (χ4n) is 3.14. The highest BCUT2D eigenvalue weighted by Crippen LogP contribution is 2.37. The summed E-state index contributed by atoms with van der Waals surface area (Å²) in [6, 6.07) is 0. The van der Waals surface area contributed by atoms with Gasteiger partial charge < -0.3 is 0 Å². The molecule has 0 radical (unpaired) electrons. The van der Waals surface area contributed by atoms with Crippen molar-refractivity contribution in [1.82, 2.24) is 0 Å². The first-order valence-corrected chi connectivity index (χ1v) is 7.58. The van der Waals surface area contributed by atoms with Crippen LogP contribution in [-0.4, -0.2) is 9.52 Å². The Labute approximate surface area is 79.0 Å². The molecule has 2 aliphatic rings. The molecule has 0 aromatic carbocycles. The van der Waals surface area contributed by atoms with Crippen molar-refractivity contribution in [3.05, 3.63) is 0 Å². The van der Waals surface area contributed by atoms with Crippen LogP contribution in [0.5, 0.6) is 0 Å². The van der Waals surface area contributed by atoms with E-state index in [9.17, 15) is 0 Å². The van der Waals surface area contributed by atoms with E-state index >= 15 is 0 Å². The van der Waals surface area contributed by atoms with Crippen molar-refractivity contribution in [2.75, 3.05) is 0 Å². The van der Waals surface area contributed by atoms with Gasteiger partial charge in [-0.3, -0.25) is 0 Å². The number of rotatable bonds is 2. The lowest BCUT2D eigenvalue weighted by molar-refractivity contribution is 0.496. The average Bonchev–Trinajstić information content (AvgIpc) is 2.59. The molecule has 0 bridgehead atoms. The predicted octanol–water partition coefficient (Wildman–Crippen LogP) is 3.27. The van der Waals surface area contributed by atoms with Crippen LogP contribution < -0.4 is 0 Å². The Morgan fingerprint density at radius 1 is 0.583 bits per heavy atom. The lowest BCUT2D eigenvalue weighted by atomic mass is 10.0. The summed E-state index contributed by atoms with van der Waals surface area (Å²) in [6.07, 6.45) is 14.2. The number of hydrogen-bond acceptors (Lipinski definition) is 0. The van der Waals surface area contributed by atoms with Crippen molar-refractivity contribution in [1.29, 1.82) is 0 Å². The Bertz CT molecular complexity index is 121. The van der Waals surface area contributed by atoms with Crippen molar-refractivity contribution in [2.45, 2.75) is 68.9 Å². The van der Waals surface area contributed by atoms with Crippen molar-refractivity contribution in [2.24, 2.45) is 0 Å². The second kappa shape index (κ2) is 4.45. The third-order valence-corrected chi connectivity index (χ3v) is 6.83. The summed E-state index contributed by atoms with van der Waals surface area (Å²) >= 11 is 0. The van der Waals surface area contributed by atoms with E-state index in [0.29, 0.717) is 9.52 Å². The van der Waals surface area contributed by atoms with E-state index in [2.05, 4.69) is 0 Å². The molecule has 0 aromatic rings. The first-order valence-electron chi connectivity index (χ1n) is 5.95. The Hall–Kier alpha value is 0.217. The van der Waals surface area contributed by atoms with Crippen molar-refractivity contribution in [3.8, 4) is 0 Å². The van der Waals surface area contributed by atoms with Crippen LogP contribution in [0.3, 0.4) is 0 Å². The SMILES string of the molecule is C1CCC([SiH2]C2CCCC2)CC1. The second-order valence-corrected chi connectivity index (χ2v) is 7.67. The molecule has 0 spiro atoms. The molecular weight excluding hydrogens is 160 g/mol. The molecule has 2 rings (SSSR count). The van der Waals surface area contributed by atoms with Gasteiger partial charge in [-0.2, -0.15) is 0 Å². The van der Waals surface area contributed by atoms with Crippen molar-refractivity contribution >= 4 is 9.52 Å². The molecule has 2 aliphatic carbocycles. The summed E-state index contributed by atoms with van der Waals surface area (Å²) in [4.78, 5) is 0. The van der Waals surface area contributed by atoms with Crippen molar-refractivity contribution in [3.63, 3.8) is 0 Å². The van der Waals surface area contributed by atoms with Gasteiger partial charge in [0.15, 0.2) is 0 Å². The van der Waals surface area contributed by atoms with E-state index in [4.69, 9.17) is 0 Å². The van der Waals surface area contributed by atoms with Crippen LogP contribution in [0.25, 0.3) is 0 Å². The average molecular weight is 182 g/mol. The van der Waals surface area contributed by atoms with Crippen LogP contribution in [0, 0.1) is 0 Å². The summed E-state index contributed by atoms with van der Waals surface area (Å²) in [5.41, 5.74) is 2.54. The second-order valence-electron chi connectivity index (χ2n) is 4.89. The minimum Gasteiger partial charge on any atom is -0.0533 e. The quantitative estimate of drug-likeness (QED) is 0.575. The summed E-state index contributed by atoms with van der Waals surface area (Å²) in [6.45, 7) is 0. The zero-order valence-electron chi connectivity index (χ0n) is 8.23. The molecule has 70 valence electrons. The monoisotopic (exact) mass is 182 g/mol. The predicted molar refractivity (Wildman–Crippen MR) is 57.6 cm³/mol. The van der Waals surface area contributed by atoms with Gasteiger partial charge in [0.2, 0.25) is 0 Å².